The summed E-state index contributed by atoms with van der Waals surface area (Å²) in [5.74, 6) is -3.53. The Hall–Kier alpha value is -1.89. The Labute approximate surface area is 162 Å². The minimum atomic E-state index is -1.18. The fourth-order valence-electron chi connectivity index (χ4n) is 3.25. The molecule has 0 radical (unpaired) electrons. The lowest BCUT2D eigenvalue weighted by atomic mass is 10.1. The molecule has 0 aliphatic heterocycles. The molecule has 0 aromatic carbocycles. The average molecular weight is 387 g/mol. The van der Waals surface area contributed by atoms with Crippen LogP contribution in [0, 0.1) is 0 Å². The van der Waals surface area contributed by atoms with Crippen molar-refractivity contribution in [2.45, 2.75) is 71.1 Å². The summed E-state index contributed by atoms with van der Waals surface area (Å²) in [6.45, 7) is 0.990. The van der Waals surface area contributed by atoms with Gasteiger partial charge in [0.2, 0.25) is 0 Å². The molecule has 0 amide bonds. The molecule has 7 heteroatoms. The number of hydrogen-bond donors (Lipinski definition) is 3. The van der Waals surface area contributed by atoms with E-state index >= 15 is 0 Å². The van der Waals surface area contributed by atoms with Crippen molar-refractivity contribution in [3.05, 3.63) is 12.2 Å². The SMILES string of the molecule is CCCCC/C=C/CCCCCCC[N+](CC(=O)O)(CC(=O)O)CC(=O)O. The second kappa shape index (κ2) is 15.2. The predicted molar refractivity (Wildman–Crippen MR) is 104 cm³/mol. The maximum Gasteiger partial charge on any atom is 0.359 e. The van der Waals surface area contributed by atoms with Crippen LogP contribution in [0.3, 0.4) is 0 Å². The Balaban J connectivity index is 4.16. The quantitative estimate of drug-likeness (QED) is 0.189. The summed E-state index contributed by atoms with van der Waals surface area (Å²) in [4.78, 5) is 33.3. The minimum absolute atomic E-state index is 0.252. The predicted octanol–water partition coefficient (Wildman–Crippen LogP) is 3.53. The van der Waals surface area contributed by atoms with E-state index in [0.29, 0.717) is 6.42 Å². The molecule has 0 saturated heterocycles. The normalized spacial score (nSPS) is 11.7. The highest BCUT2D eigenvalue weighted by molar-refractivity contribution is 5.73. The smallest absolute Gasteiger partial charge is 0.359 e. The van der Waals surface area contributed by atoms with Crippen LogP contribution in [0.5, 0.6) is 0 Å². The maximum atomic E-state index is 11.1. The number of rotatable bonds is 18. The topological polar surface area (TPSA) is 112 Å². The summed E-state index contributed by atoms with van der Waals surface area (Å²) in [6.07, 6.45) is 15.0. The summed E-state index contributed by atoms with van der Waals surface area (Å²) in [5, 5.41) is 27.2. The number of carboxylic acid groups (broad SMARTS) is 3. The minimum Gasteiger partial charge on any atom is -0.477 e. The van der Waals surface area contributed by atoms with Crippen LogP contribution < -0.4 is 0 Å². The number of nitrogens with zero attached hydrogens (tertiary/aromatic N) is 1. The molecule has 0 saturated carbocycles. The van der Waals surface area contributed by atoms with Gasteiger partial charge in [0, 0.05) is 0 Å². The van der Waals surface area contributed by atoms with Crippen molar-refractivity contribution in [3.63, 3.8) is 0 Å². The molecule has 27 heavy (non-hydrogen) atoms. The van der Waals surface area contributed by atoms with Crippen molar-refractivity contribution in [3.8, 4) is 0 Å². The van der Waals surface area contributed by atoms with E-state index in [-0.39, 0.29) is 6.54 Å². The third-order valence-electron chi connectivity index (χ3n) is 4.56. The standard InChI is InChI=1S/C20H35NO6/c1-2-3-4-5-6-7-8-9-10-11-12-13-14-21(15-18(22)23,16-19(24)25)17-20(26)27/h6-7H,2-5,8-17H2,1H3,(H2-,22,23,24,25,26,27)/p+1/b7-6+. The highest BCUT2D eigenvalue weighted by Gasteiger charge is 2.35. The van der Waals surface area contributed by atoms with Crippen molar-refractivity contribution in [1.29, 1.82) is 0 Å². The van der Waals surface area contributed by atoms with Gasteiger partial charge in [-0.15, -0.1) is 0 Å². The lowest BCUT2D eigenvalue weighted by molar-refractivity contribution is -0.907. The number of carbonyl (C=O) groups is 3. The Morgan fingerprint density at radius 1 is 0.667 bits per heavy atom. The Bertz CT molecular complexity index is 434. The second-order valence-corrected chi connectivity index (χ2v) is 7.24. The van der Waals surface area contributed by atoms with Gasteiger partial charge in [0.1, 0.15) is 0 Å². The third-order valence-corrected chi connectivity index (χ3v) is 4.56. The molecule has 7 nitrogen and oxygen atoms in total. The number of unbranched alkanes of at least 4 members (excludes halogenated alkanes) is 8. The lowest BCUT2D eigenvalue weighted by Gasteiger charge is -2.34. The molecule has 156 valence electrons. The van der Waals surface area contributed by atoms with E-state index < -0.39 is 42.0 Å². The fourth-order valence-corrected chi connectivity index (χ4v) is 3.25. The Kier molecular flexibility index (Phi) is 14.1. The molecule has 0 aromatic heterocycles. The van der Waals surface area contributed by atoms with Crippen LogP contribution in [0.2, 0.25) is 0 Å². The molecular weight excluding hydrogens is 350 g/mol. The summed E-state index contributed by atoms with van der Waals surface area (Å²) < 4.78 is -0.444. The van der Waals surface area contributed by atoms with Gasteiger partial charge in [0.15, 0.2) is 19.6 Å². The molecule has 0 rings (SSSR count). The number of quaternary nitrogens is 1. The van der Waals surface area contributed by atoms with E-state index in [1.807, 2.05) is 0 Å². The first kappa shape index (κ1) is 25.1. The summed E-state index contributed by atoms with van der Waals surface area (Å²) in [7, 11) is 0. The molecule has 0 heterocycles. The zero-order valence-corrected chi connectivity index (χ0v) is 16.6. The zero-order valence-electron chi connectivity index (χ0n) is 16.6. The van der Waals surface area contributed by atoms with E-state index in [4.69, 9.17) is 15.3 Å². The van der Waals surface area contributed by atoms with Crippen LogP contribution in [-0.4, -0.2) is 63.9 Å². The molecule has 3 N–H and O–H groups in total. The van der Waals surface area contributed by atoms with Crippen LogP contribution in [0.15, 0.2) is 12.2 Å². The second-order valence-electron chi connectivity index (χ2n) is 7.24. The van der Waals surface area contributed by atoms with E-state index in [0.717, 1.165) is 38.5 Å². The van der Waals surface area contributed by atoms with Crippen molar-refractivity contribution >= 4 is 17.9 Å². The molecule has 0 fully saturated rings. The van der Waals surface area contributed by atoms with Gasteiger partial charge in [-0.25, -0.2) is 14.4 Å². The molecule has 0 unspecified atom stereocenters. The Morgan fingerprint density at radius 3 is 1.52 bits per heavy atom. The highest BCUT2D eigenvalue weighted by atomic mass is 16.4. The van der Waals surface area contributed by atoms with Crippen molar-refractivity contribution in [2.24, 2.45) is 0 Å². The van der Waals surface area contributed by atoms with Crippen LogP contribution in [0.1, 0.15) is 71.1 Å². The molecule has 0 aliphatic rings. The monoisotopic (exact) mass is 386 g/mol. The summed E-state index contributed by atoms with van der Waals surface area (Å²) >= 11 is 0. The van der Waals surface area contributed by atoms with Crippen LogP contribution in [0.25, 0.3) is 0 Å². The number of aliphatic carboxylic acids is 3. The van der Waals surface area contributed by atoms with Gasteiger partial charge in [-0.2, -0.15) is 0 Å². The molecule has 0 aliphatic carbocycles. The first-order valence-corrected chi connectivity index (χ1v) is 9.97. The summed E-state index contributed by atoms with van der Waals surface area (Å²) in [5.41, 5.74) is 0. The molecule has 0 bridgehead atoms. The van der Waals surface area contributed by atoms with E-state index in [9.17, 15) is 14.4 Å². The van der Waals surface area contributed by atoms with Crippen LogP contribution in [-0.2, 0) is 14.4 Å². The van der Waals surface area contributed by atoms with Gasteiger partial charge >= 0.3 is 17.9 Å². The van der Waals surface area contributed by atoms with Gasteiger partial charge in [-0.1, -0.05) is 44.8 Å². The van der Waals surface area contributed by atoms with Gasteiger partial charge in [0.05, 0.1) is 6.54 Å². The Morgan fingerprint density at radius 2 is 1.07 bits per heavy atom. The zero-order chi connectivity index (χ0) is 20.5. The average Bonchev–Trinajstić information content (AvgIpc) is 2.53. The largest absolute Gasteiger partial charge is 0.477 e. The van der Waals surface area contributed by atoms with E-state index in [1.165, 1.54) is 19.3 Å². The van der Waals surface area contributed by atoms with Crippen molar-refractivity contribution in [1.82, 2.24) is 0 Å². The lowest BCUT2D eigenvalue weighted by Crippen LogP contribution is -2.57. The van der Waals surface area contributed by atoms with Gasteiger partial charge in [0.25, 0.3) is 0 Å². The van der Waals surface area contributed by atoms with Gasteiger partial charge in [-0.05, 0) is 38.5 Å². The van der Waals surface area contributed by atoms with Crippen LogP contribution >= 0.6 is 0 Å². The number of carboxylic acids is 3. The first-order valence-electron chi connectivity index (χ1n) is 9.97. The highest BCUT2D eigenvalue weighted by Crippen LogP contribution is 2.13. The summed E-state index contributed by atoms with van der Waals surface area (Å²) in [6, 6.07) is 0. The van der Waals surface area contributed by atoms with Gasteiger partial charge in [-0.3, -0.25) is 4.48 Å². The van der Waals surface area contributed by atoms with Crippen molar-refractivity contribution < 1.29 is 34.2 Å². The first-order chi connectivity index (χ1) is 12.8. The fraction of sp³-hybridized carbons (Fsp3) is 0.750. The maximum absolute atomic E-state index is 11.1. The van der Waals surface area contributed by atoms with E-state index in [2.05, 4.69) is 19.1 Å². The molecule has 0 atom stereocenters. The van der Waals surface area contributed by atoms with Crippen LogP contribution in [0.4, 0.5) is 0 Å². The molecule has 0 spiro atoms. The molecule has 0 aromatic rings. The van der Waals surface area contributed by atoms with E-state index in [1.54, 1.807) is 0 Å². The number of allylic oxidation sites excluding steroid dienone is 2. The van der Waals surface area contributed by atoms with Crippen molar-refractivity contribution in [2.75, 3.05) is 26.2 Å². The molecular formula is C20H36NO6+. The third kappa shape index (κ3) is 14.9. The number of hydrogen-bond acceptors (Lipinski definition) is 3. The van der Waals surface area contributed by atoms with Gasteiger partial charge < -0.3 is 15.3 Å².